The number of sulfonamides is 1. The summed E-state index contributed by atoms with van der Waals surface area (Å²) < 4.78 is 42.8. The molecule has 0 atom stereocenters. The fourth-order valence-electron chi connectivity index (χ4n) is 2.41. The molecular formula is C14H20N2O6S. The lowest BCUT2D eigenvalue weighted by atomic mass is 10.3. The summed E-state index contributed by atoms with van der Waals surface area (Å²) in [5.74, 6) is 0.737. The van der Waals surface area contributed by atoms with Crippen molar-refractivity contribution in [2.75, 3.05) is 47.5 Å². The van der Waals surface area contributed by atoms with Crippen molar-refractivity contribution in [1.82, 2.24) is 9.21 Å². The van der Waals surface area contributed by atoms with E-state index in [9.17, 15) is 13.2 Å². The Morgan fingerprint density at radius 3 is 1.87 bits per heavy atom. The van der Waals surface area contributed by atoms with Gasteiger partial charge >= 0.3 is 0 Å². The van der Waals surface area contributed by atoms with Crippen molar-refractivity contribution >= 4 is 16.4 Å². The summed E-state index contributed by atoms with van der Waals surface area (Å²) in [6.07, 6.45) is 0.721. The first kappa shape index (κ1) is 17.4. The van der Waals surface area contributed by atoms with Crippen LogP contribution in [0.15, 0.2) is 17.0 Å². The summed E-state index contributed by atoms with van der Waals surface area (Å²) in [5, 5.41) is 0. The van der Waals surface area contributed by atoms with Gasteiger partial charge in [-0.05, 0) is 0 Å². The molecule has 1 aliphatic rings. The number of hydrogen-bond acceptors (Lipinski definition) is 6. The van der Waals surface area contributed by atoms with Crippen molar-refractivity contribution in [3.05, 3.63) is 12.1 Å². The van der Waals surface area contributed by atoms with E-state index in [4.69, 9.17) is 14.2 Å². The van der Waals surface area contributed by atoms with E-state index in [1.807, 2.05) is 0 Å². The van der Waals surface area contributed by atoms with Crippen LogP contribution in [-0.2, 0) is 14.8 Å². The van der Waals surface area contributed by atoms with Crippen LogP contribution in [0.5, 0.6) is 17.2 Å². The first-order valence-electron chi connectivity index (χ1n) is 6.97. The Balaban J connectivity index is 2.45. The highest BCUT2D eigenvalue weighted by Gasteiger charge is 2.34. The van der Waals surface area contributed by atoms with Gasteiger partial charge in [0, 0.05) is 38.3 Å². The van der Waals surface area contributed by atoms with E-state index < -0.39 is 10.0 Å². The molecule has 0 unspecified atom stereocenters. The lowest BCUT2D eigenvalue weighted by Crippen LogP contribution is -2.48. The number of piperazine rings is 1. The van der Waals surface area contributed by atoms with E-state index in [2.05, 4.69) is 0 Å². The number of ether oxygens (including phenoxy) is 3. The Labute approximate surface area is 135 Å². The number of methoxy groups -OCH3 is 3. The molecular weight excluding hydrogens is 324 g/mol. The van der Waals surface area contributed by atoms with Crippen molar-refractivity contribution in [3.63, 3.8) is 0 Å². The van der Waals surface area contributed by atoms with Gasteiger partial charge in [0.1, 0.15) is 17.2 Å². The van der Waals surface area contributed by atoms with E-state index in [0.717, 1.165) is 6.41 Å². The Kier molecular flexibility index (Phi) is 5.32. The maximum Gasteiger partial charge on any atom is 0.250 e. The molecule has 128 valence electrons. The number of nitrogens with zero attached hydrogens (tertiary/aromatic N) is 2. The van der Waals surface area contributed by atoms with Crippen LogP contribution in [0.1, 0.15) is 0 Å². The first-order valence-corrected chi connectivity index (χ1v) is 8.41. The van der Waals surface area contributed by atoms with Crippen molar-refractivity contribution in [1.29, 1.82) is 0 Å². The predicted octanol–water partition coefficient (Wildman–Crippen LogP) is 0.175. The van der Waals surface area contributed by atoms with Gasteiger partial charge in [-0.2, -0.15) is 4.31 Å². The summed E-state index contributed by atoms with van der Waals surface area (Å²) in [5.41, 5.74) is 0. The summed E-state index contributed by atoms with van der Waals surface area (Å²) in [7, 11) is 0.427. The molecule has 0 bridgehead atoms. The van der Waals surface area contributed by atoms with E-state index in [1.165, 1.54) is 42.7 Å². The van der Waals surface area contributed by atoms with Gasteiger partial charge in [0.25, 0.3) is 10.0 Å². The van der Waals surface area contributed by atoms with Crippen LogP contribution in [0.25, 0.3) is 0 Å². The van der Waals surface area contributed by atoms with Crippen LogP contribution >= 0.6 is 0 Å². The molecule has 0 aromatic heterocycles. The third-order valence-corrected chi connectivity index (χ3v) is 5.65. The second kappa shape index (κ2) is 7.05. The van der Waals surface area contributed by atoms with Crippen LogP contribution in [0, 0.1) is 0 Å². The summed E-state index contributed by atoms with van der Waals surface area (Å²) in [6.45, 7) is 1.14. The van der Waals surface area contributed by atoms with Gasteiger partial charge in [-0.1, -0.05) is 0 Å². The molecule has 2 rings (SSSR count). The number of amides is 1. The fraction of sp³-hybridized carbons (Fsp3) is 0.500. The highest BCUT2D eigenvalue weighted by molar-refractivity contribution is 7.89. The zero-order chi connectivity index (χ0) is 17.0. The Morgan fingerprint density at radius 1 is 0.957 bits per heavy atom. The van der Waals surface area contributed by atoms with Gasteiger partial charge in [0.15, 0.2) is 4.90 Å². The highest BCUT2D eigenvalue weighted by Crippen LogP contribution is 2.39. The molecule has 1 heterocycles. The van der Waals surface area contributed by atoms with Crippen molar-refractivity contribution in [2.24, 2.45) is 0 Å². The first-order chi connectivity index (χ1) is 11.0. The topological polar surface area (TPSA) is 85.4 Å². The van der Waals surface area contributed by atoms with E-state index in [0.29, 0.717) is 18.8 Å². The Hall–Kier alpha value is -2.00. The molecule has 1 amide bonds. The fourth-order valence-corrected chi connectivity index (χ4v) is 4.10. The summed E-state index contributed by atoms with van der Waals surface area (Å²) in [6, 6.07) is 2.99. The molecule has 0 radical (unpaired) electrons. The number of carbonyl (C=O) groups excluding carboxylic acids is 1. The van der Waals surface area contributed by atoms with Gasteiger partial charge in [-0.25, -0.2) is 8.42 Å². The molecule has 23 heavy (non-hydrogen) atoms. The Bertz CT molecular complexity index is 643. The largest absolute Gasteiger partial charge is 0.496 e. The zero-order valence-electron chi connectivity index (χ0n) is 13.3. The molecule has 1 fully saturated rings. The third-order valence-electron chi connectivity index (χ3n) is 3.69. The normalized spacial score (nSPS) is 16.0. The second-order valence-corrected chi connectivity index (χ2v) is 6.78. The van der Waals surface area contributed by atoms with Gasteiger partial charge in [-0.15, -0.1) is 0 Å². The maximum atomic E-state index is 13.0. The molecule has 0 aliphatic carbocycles. The number of rotatable bonds is 6. The smallest absolute Gasteiger partial charge is 0.250 e. The van der Waals surface area contributed by atoms with Crippen LogP contribution in [-0.4, -0.2) is 71.5 Å². The summed E-state index contributed by atoms with van der Waals surface area (Å²) >= 11 is 0. The highest BCUT2D eigenvalue weighted by atomic mass is 32.2. The number of hydrogen-bond donors (Lipinski definition) is 0. The summed E-state index contributed by atoms with van der Waals surface area (Å²) in [4.78, 5) is 12.3. The molecule has 8 nitrogen and oxygen atoms in total. The van der Waals surface area contributed by atoms with Crippen molar-refractivity contribution in [3.8, 4) is 17.2 Å². The average Bonchev–Trinajstić information content (AvgIpc) is 2.60. The number of benzene rings is 1. The molecule has 0 spiro atoms. The molecule has 1 aliphatic heterocycles. The molecule has 9 heteroatoms. The standard InChI is InChI=1S/C14H20N2O6S/c1-20-11-8-12(21-2)14(13(9-11)22-3)23(18,19)16-6-4-15(10-17)5-7-16/h8-10H,4-7H2,1-3H3. The van der Waals surface area contributed by atoms with Gasteiger partial charge in [0.05, 0.1) is 21.3 Å². The number of carbonyl (C=O) groups is 1. The molecule has 0 saturated carbocycles. The predicted molar refractivity (Wildman–Crippen MR) is 82.5 cm³/mol. The quantitative estimate of drug-likeness (QED) is 0.684. The van der Waals surface area contributed by atoms with Gasteiger partial charge in [-0.3, -0.25) is 4.79 Å². The average molecular weight is 344 g/mol. The van der Waals surface area contributed by atoms with E-state index in [-0.39, 0.29) is 29.5 Å². The van der Waals surface area contributed by atoms with Gasteiger partial charge in [0.2, 0.25) is 6.41 Å². The minimum absolute atomic E-state index is 0.0390. The van der Waals surface area contributed by atoms with E-state index in [1.54, 1.807) is 0 Å². The Morgan fingerprint density at radius 2 is 1.48 bits per heavy atom. The van der Waals surface area contributed by atoms with Crippen LogP contribution in [0.2, 0.25) is 0 Å². The lowest BCUT2D eigenvalue weighted by molar-refractivity contribution is -0.119. The van der Waals surface area contributed by atoms with Crippen LogP contribution in [0.3, 0.4) is 0 Å². The molecule has 1 saturated heterocycles. The molecule has 1 aromatic rings. The SMILES string of the molecule is COc1cc(OC)c(S(=O)(=O)N2CCN(C=O)CC2)c(OC)c1. The minimum Gasteiger partial charge on any atom is -0.496 e. The molecule has 1 aromatic carbocycles. The third kappa shape index (κ3) is 3.35. The van der Waals surface area contributed by atoms with Crippen LogP contribution < -0.4 is 14.2 Å². The maximum absolute atomic E-state index is 13.0. The van der Waals surface area contributed by atoms with Crippen molar-refractivity contribution < 1.29 is 27.4 Å². The van der Waals surface area contributed by atoms with E-state index >= 15 is 0 Å². The lowest BCUT2D eigenvalue weighted by Gasteiger charge is -2.32. The zero-order valence-corrected chi connectivity index (χ0v) is 14.1. The molecule has 0 N–H and O–H groups in total. The minimum atomic E-state index is -3.82. The van der Waals surface area contributed by atoms with Crippen molar-refractivity contribution in [2.45, 2.75) is 4.90 Å². The monoisotopic (exact) mass is 344 g/mol. The van der Waals surface area contributed by atoms with Crippen LogP contribution in [0.4, 0.5) is 0 Å². The second-order valence-electron chi connectivity index (χ2n) is 4.91. The van der Waals surface area contributed by atoms with Gasteiger partial charge < -0.3 is 19.1 Å².